The molecule has 0 aliphatic carbocycles. The number of methoxy groups -OCH3 is 1. The van der Waals surface area contributed by atoms with Gasteiger partial charge in [-0.25, -0.2) is 14.2 Å². The Kier molecular flexibility index (Phi) is 10.5. The molecule has 0 fully saturated rings. The zero-order valence-corrected chi connectivity index (χ0v) is 26.5. The van der Waals surface area contributed by atoms with Crippen LogP contribution in [0.15, 0.2) is 42.6 Å². The number of aryl methyl sites for hydroxylation is 1. The summed E-state index contributed by atoms with van der Waals surface area (Å²) >= 11 is 6.11. The number of hydrogen-bond acceptors (Lipinski definition) is 10. The number of nitrogens with zero attached hydrogens (tertiary/aromatic N) is 5. The molecular formula is C30H34ClFN8O5. The molecule has 45 heavy (non-hydrogen) atoms. The molecule has 4 aromatic rings. The maximum absolute atomic E-state index is 14.5. The topological polar surface area (TPSA) is 154 Å². The van der Waals surface area contributed by atoms with E-state index >= 15 is 0 Å². The predicted molar refractivity (Wildman–Crippen MR) is 166 cm³/mol. The fourth-order valence-corrected chi connectivity index (χ4v) is 4.36. The first-order chi connectivity index (χ1) is 21.4. The Bertz CT molecular complexity index is 1690. The van der Waals surface area contributed by atoms with E-state index in [-0.39, 0.29) is 35.6 Å². The highest BCUT2D eigenvalue weighted by atomic mass is 35.5. The molecule has 238 valence electrons. The second-order valence-corrected chi connectivity index (χ2v) is 11.2. The maximum Gasteiger partial charge on any atom is 0.413 e. The molecule has 0 saturated carbocycles. The lowest BCUT2D eigenvalue weighted by atomic mass is 10.0. The quantitative estimate of drug-likeness (QED) is 0.184. The molecule has 3 N–H and O–H groups in total. The van der Waals surface area contributed by atoms with Crippen LogP contribution >= 0.6 is 11.6 Å². The second-order valence-electron chi connectivity index (χ2n) is 10.8. The summed E-state index contributed by atoms with van der Waals surface area (Å²) in [7, 11) is 4.82. The van der Waals surface area contributed by atoms with Crippen molar-refractivity contribution in [1.82, 2.24) is 30.3 Å². The molecule has 0 saturated heterocycles. The highest BCUT2D eigenvalue weighted by Crippen LogP contribution is 2.39. The largest absolute Gasteiger partial charge is 0.494 e. The minimum Gasteiger partial charge on any atom is -0.494 e. The Labute approximate surface area is 264 Å². The number of anilines is 3. The molecule has 0 aliphatic rings. The van der Waals surface area contributed by atoms with Crippen LogP contribution in [0.25, 0.3) is 11.3 Å². The zero-order chi connectivity index (χ0) is 32.7. The van der Waals surface area contributed by atoms with Gasteiger partial charge < -0.3 is 24.8 Å². The summed E-state index contributed by atoms with van der Waals surface area (Å²) < 4.78 is 33.0. The number of carbonyl (C=O) groups excluding carboxylic acids is 2. The van der Waals surface area contributed by atoms with Crippen molar-refractivity contribution in [2.24, 2.45) is 7.05 Å². The number of halogens is 2. The summed E-state index contributed by atoms with van der Waals surface area (Å²) in [4.78, 5) is 28.7. The summed E-state index contributed by atoms with van der Waals surface area (Å²) in [6, 6.07) is 9.62. The van der Waals surface area contributed by atoms with Gasteiger partial charge in [0.25, 0.3) is 5.91 Å². The highest BCUT2D eigenvalue weighted by Gasteiger charge is 2.20. The van der Waals surface area contributed by atoms with Crippen LogP contribution in [-0.4, -0.2) is 63.3 Å². The smallest absolute Gasteiger partial charge is 0.413 e. The van der Waals surface area contributed by atoms with Crippen LogP contribution in [0, 0.1) is 5.82 Å². The van der Waals surface area contributed by atoms with Crippen molar-refractivity contribution in [2.45, 2.75) is 39.4 Å². The molecule has 0 atom stereocenters. The van der Waals surface area contributed by atoms with Crippen LogP contribution in [0.4, 0.5) is 26.4 Å². The molecule has 3 aromatic heterocycles. The molecule has 0 aliphatic heterocycles. The van der Waals surface area contributed by atoms with E-state index in [4.69, 9.17) is 25.8 Å². The van der Waals surface area contributed by atoms with Gasteiger partial charge in [0.2, 0.25) is 0 Å². The third-order valence-electron chi connectivity index (χ3n) is 6.14. The van der Waals surface area contributed by atoms with Crippen LogP contribution in [0.3, 0.4) is 0 Å². The summed E-state index contributed by atoms with van der Waals surface area (Å²) in [6.45, 7) is 5.27. The molecule has 0 bridgehead atoms. The SMILES string of the molecule is CNC(=O)c1nnc(Cl)cc1Nc1cc(CCOCc2nc(NC(=O)OC(C)(C)C)ccc2F)cc(-c2ccn(C)n2)c1OC. The fourth-order valence-electron chi connectivity index (χ4n) is 4.21. The van der Waals surface area contributed by atoms with Gasteiger partial charge in [-0.05, 0) is 63.1 Å². The molecule has 15 heteroatoms. The Morgan fingerprint density at radius 2 is 1.87 bits per heavy atom. The summed E-state index contributed by atoms with van der Waals surface area (Å²) in [6.07, 6.45) is 1.52. The molecule has 2 amide bonds. The summed E-state index contributed by atoms with van der Waals surface area (Å²) in [5.41, 5.74) is 2.35. The monoisotopic (exact) mass is 640 g/mol. The number of nitrogens with one attached hydrogen (secondary N) is 3. The number of aromatic nitrogens is 5. The predicted octanol–water partition coefficient (Wildman–Crippen LogP) is 5.28. The Hall–Kier alpha value is -4.82. The lowest BCUT2D eigenvalue weighted by Gasteiger charge is -2.19. The lowest BCUT2D eigenvalue weighted by Crippen LogP contribution is -2.27. The van der Waals surface area contributed by atoms with Crippen molar-refractivity contribution in [3.63, 3.8) is 0 Å². The first kappa shape index (κ1) is 33.1. The van der Waals surface area contributed by atoms with Crippen molar-refractivity contribution in [3.05, 3.63) is 70.5 Å². The first-order valence-electron chi connectivity index (χ1n) is 13.8. The number of pyridine rings is 1. The Balaban J connectivity index is 1.56. The molecule has 4 rings (SSSR count). The number of carbonyl (C=O) groups is 2. The number of rotatable bonds is 11. The zero-order valence-electron chi connectivity index (χ0n) is 25.7. The van der Waals surface area contributed by atoms with Crippen LogP contribution < -0.4 is 20.7 Å². The van der Waals surface area contributed by atoms with Crippen molar-refractivity contribution in [1.29, 1.82) is 0 Å². The minimum absolute atomic E-state index is 0.0265. The van der Waals surface area contributed by atoms with Gasteiger partial charge in [-0.1, -0.05) is 11.6 Å². The van der Waals surface area contributed by atoms with Crippen LogP contribution in [0.5, 0.6) is 5.75 Å². The number of amides is 2. The summed E-state index contributed by atoms with van der Waals surface area (Å²) in [5.74, 6) is -0.428. The van der Waals surface area contributed by atoms with Crippen molar-refractivity contribution >= 4 is 40.8 Å². The molecule has 1 aromatic carbocycles. The highest BCUT2D eigenvalue weighted by molar-refractivity contribution is 6.29. The van der Waals surface area contributed by atoms with E-state index < -0.39 is 23.4 Å². The van der Waals surface area contributed by atoms with Crippen molar-refractivity contribution in [2.75, 3.05) is 31.4 Å². The second kappa shape index (κ2) is 14.3. The average molecular weight is 641 g/mol. The molecule has 0 radical (unpaired) electrons. The Morgan fingerprint density at radius 1 is 1.09 bits per heavy atom. The van der Waals surface area contributed by atoms with Crippen LogP contribution in [0.2, 0.25) is 5.15 Å². The third kappa shape index (κ3) is 8.86. The fraction of sp³-hybridized carbons (Fsp3) is 0.333. The number of ether oxygens (including phenoxy) is 3. The minimum atomic E-state index is -0.701. The van der Waals surface area contributed by atoms with Gasteiger partial charge in [0.15, 0.2) is 16.6 Å². The van der Waals surface area contributed by atoms with Gasteiger partial charge in [0.05, 0.1) is 37.4 Å². The van der Waals surface area contributed by atoms with E-state index in [1.165, 1.54) is 32.4 Å². The number of hydrogen-bond donors (Lipinski definition) is 3. The van der Waals surface area contributed by atoms with Gasteiger partial charge in [-0.15, -0.1) is 10.2 Å². The van der Waals surface area contributed by atoms with Gasteiger partial charge in [0, 0.05) is 31.9 Å². The molecule has 0 spiro atoms. The lowest BCUT2D eigenvalue weighted by molar-refractivity contribution is 0.0634. The van der Waals surface area contributed by atoms with Gasteiger partial charge >= 0.3 is 6.09 Å². The van der Waals surface area contributed by atoms with Gasteiger partial charge in [-0.3, -0.25) is 14.8 Å². The van der Waals surface area contributed by atoms with E-state index in [9.17, 15) is 14.0 Å². The van der Waals surface area contributed by atoms with Crippen molar-refractivity contribution < 1.29 is 28.2 Å². The molecule has 3 heterocycles. The van der Waals surface area contributed by atoms with E-state index in [1.54, 1.807) is 38.7 Å². The van der Waals surface area contributed by atoms with Gasteiger partial charge in [0.1, 0.15) is 22.9 Å². The summed E-state index contributed by atoms with van der Waals surface area (Å²) in [5, 5.41) is 20.6. The molecule has 13 nitrogen and oxygen atoms in total. The van der Waals surface area contributed by atoms with E-state index in [1.807, 2.05) is 18.2 Å². The van der Waals surface area contributed by atoms with E-state index in [0.717, 1.165) is 5.56 Å². The van der Waals surface area contributed by atoms with Gasteiger partial charge in [-0.2, -0.15) is 5.10 Å². The average Bonchev–Trinajstić information content (AvgIpc) is 3.41. The maximum atomic E-state index is 14.5. The standard InChI is InChI=1S/C30H34ClFN8O5/c1-30(2,3)45-29(42)36-25-8-7-19(32)23(35-25)16-44-12-10-17-13-18(20-9-11-40(5)39-20)27(43-6)22(14-17)34-21-15-24(31)37-38-26(21)28(41)33-4/h7-9,11,13-15H,10,12,16H2,1-6H3,(H,33,41)(H,34,37)(H,35,36,42). The van der Waals surface area contributed by atoms with E-state index in [0.29, 0.717) is 34.8 Å². The Morgan fingerprint density at radius 3 is 2.53 bits per heavy atom. The van der Waals surface area contributed by atoms with E-state index in [2.05, 4.69) is 36.2 Å². The third-order valence-corrected chi connectivity index (χ3v) is 6.32. The van der Waals surface area contributed by atoms with Crippen molar-refractivity contribution in [3.8, 4) is 17.0 Å². The molecule has 0 unspecified atom stereocenters. The van der Waals surface area contributed by atoms with Crippen LogP contribution in [0.1, 0.15) is 42.5 Å². The first-order valence-corrected chi connectivity index (χ1v) is 14.2. The number of benzene rings is 1. The molecular weight excluding hydrogens is 607 g/mol. The normalized spacial score (nSPS) is 11.2. The van der Waals surface area contributed by atoms with Crippen LogP contribution in [-0.2, 0) is 29.5 Å².